The Morgan fingerprint density at radius 1 is 1.34 bits per heavy atom. The number of nitrogens with one attached hydrogen (secondary N) is 2. The van der Waals surface area contributed by atoms with Crippen molar-refractivity contribution in [1.82, 2.24) is 25.1 Å². The summed E-state index contributed by atoms with van der Waals surface area (Å²) in [5.74, 6) is 1.44. The van der Waals surface area contributed by atoms with Gasteiger partial charge in [-0.25, -0.2) is 0 Å². The largest absolute Gasteiger partial charge is 0.460 e. The number of rotatable bonds is 6. The first-order chi connectivity index (χ1) is 14.2. The van der Waals surface area contributed by atoms with Gasteiger partial charge in [-0.1, -0.05) is 0 Å². The Balaban J connectivity index is 1.34. The quantitative estimate of drug-likeness (QED) is 0.639. The summed E-state index contributed by atoms with van der Waals surface area (Å²) >= 11 is 1.58. The van der Waals surface area contributed by atoms with Crippen molar-refractivity contribution in [2.45, 2.75) is 57.2 Å². The molecule has 0 radical (unpaired) electrons. The van der Waals surface area contributed by atoms with Gasteiger partial charge in [0.05, 0.1) is 11.5 Å². The first-order valence-electron chi connectivity index (χ1n) is 10.0. The van der Waals surface area contributed by atoms with Crippen LogP contribution >= 0.6 is 11.3 Å². The van der Waals surface area contributed by atoms with Gasteiger partial charge in [-0.15, -0.1) is 11.3 Å². The number of anilines is 2. The Labute approximate surface area is 172 Å². The third kappa shape index (κ3) is 3.66. The molecular weight excluding hydrogens is 386 g/mol. The smallest absolute Gasteiger partial charge is 0.320 e. The van der Waals surface area contributed by atoms with Gasteiger partial charge in [0, 0.05) is 49.7 Å². The number of hydrogen-bond acceptors (Lipinski definition) is 8. The molecule has 0 aliphatic carbocycles. The lowest BCUT2D eigenvalue weighted by atomic mass is 9.99. The first kappa shape index (κ1) is 18.3. The molecule has 5 heterocycles. The zero-order valence-electron chi connectivity index (χ0n) is 16.3. The second kappa shape index (κ2) is 7.61. The van der Waals surface area contributed by atoms with E-state index in [0.717, 1.165) is 41.1 Å². The van der Waals surface area contributed by atoms with Crippen molar-refractivity contribution < 1.29 is 4.74 Å². The number of aromatic nitrogens is 4. The van der Waals surface area contributed by atoms with Gasteiger partial charge in [0.25, 0.3) is 0 Å². The van der Waals surface area contributed by atoms with E-state index in [1.165, 1.54) is 12.8 Å². The molecule has 2 fully saturated rings. The Hall–Kier alpha value is -2.70. The van der Waals surface area contributed by atoms with Gasteiger partial charge < -0.3 is 10.1 Å². The van der Waals surface area contributed by atoms with Gasteiger partial charge in [-0.2, -0.15) is 20.3 Å². The van der Waals surface area contributed by atoms with E-state index >= 15 is 0 Å². The average Bonchev–Trinajstić information content (AvgIpc) is 3.39. The minimum atomic E-state index is 0.115. The van der Waals surface area contributed by atoms with E-state index in [1.54, 1.807) is 11.3 Å². The van der Waals surface area contributed by atoms with Gasteiger partial charge >= 0.3 is 6.01 Å². The van der Waals surface area contributed by atoms with Crippen molar-refractivity contribution in [2.24, 2.45) is 0 Å². The third-order valence-electron chi connectivity index (χ3n) is 5.85. The molecule has 1 unspecified atom stereocenters. The number of hydrogen-bond donors (Lipinski definition) is 2. The predicted octanol–water partition coefficient (Wildman–Crippen LogP) is 3.75. The normalized spacial score (nSPS) is 23.9. The molecule has 8 nitrogen and oxygen atoms in total. The van der Waals surface area contributed by atoms with E-state index in [2.05, 4.69) is 36.5 Å². The number of ether oxygens (including phenoxy) is 1. The average molecular weight is 410 g/mol. The standard InChI is InChI=1S/C20H23N7OS/c1-12-9-17(26-25-12)22-18-16-5-8-29-19(16)24-20(23-18)28-15-10-13-3-4-14(11-15)27(13)7-2-6-21/h5,8-9,13-15H,2-4,7,10-11H2,1H3,(H2,22,23,24,25,26)/t13-,14+,15?. The Morgan fingerprint density at radius 3 is 2.90 bits per heavy atom. The van der Waals surface area contributed by atoms with E-state index in [4.69, 9.17) is 10.00 Å². The summed E-state index contributed by atoms with van der Waals surface area (Å²) in [4.78, 5) is 12.7. The highest BCUT2D eigenvalue weighted by Gasteiger charge is 2.41. The Kier molecular flexibility index (Phi) is 4.81. The second-order valence-electron chi connectivity index (χ2n) is 7.80. The van der Waals surface area contributed by atoms with Crippen LogP contribution < -0.4 is 10.1 Å². The van der Waals surface area contributed by atoms with Crippen molar-refractivity contribution >= 4 is 33.2 Å². The van der Waals surface area contributed by atoms with Crippen LogP contribution in [0, 0.1) is 18.3 Å². The van der Waals surface area contributed by atoms with Gasteiger partial charge in [-0.3, -0.25) is 10.00 Å². The van der Waals surface area contributed by atoms with Crippen molar-refractivity contribution in [3.05, 3.63) is 23.2 Å². The maximum Gasteiger partial charge on any atom is 0.320 e. The summed E-state index contributed by atoms with van der Waals surface area (Å²) in [6.45, 7) is 2.83. The highest BCUT2D eigenvalue weighted by atomic mass is 32.1. The van der Waals surface area contributed by atoms with E-state index in [-0.39, 0.29) is 6.10 Å². The highest BCUT2D eigenvalue weighted by molar-refractivity contribution is 7.16. The highest BCUT2D eigenvalue weighted by Crippen LogP contribution is 2.37. The molecule has 5 rings (SSSR count). The summed E-state index contributed by atoms with van der Waals surface area (Å²) in [5, 5.41) is 22.4. The first-order valence-corrected chi connectivity index (χ1v) is 10.9. The molecule has 3 atom stereocenters. The number of nitriles is 1. The number of fused-ring (bicyclic) bond motifs is 3. The van der Waals surface area contributed by atoms with Crippen LogP contribution in [0.25, 0.3) is 10.2 Å². The van der Waals surface area contributed by atoms with Crippen LogP contribution in [0.2, 0.25) is 0 Å². The van der Waals surface area contributed by atoms with Crippen LogP contribution in [-0.2, 0) is 0 Å². The van der Waals surface area contributed by atoms with Gasteiger partial charge in [0.2, 0.25) is 0 Å². The molecule has 0 amide bonds. The topological polar surface area (TPSA) is 103 Å². The van der Waals surface area contributed by atoms with Gasteiger partial charge in [0.1, 0.15) is 16.8 Å². The predicted molar refractivity (Wildman–Crippen MR) is 111 cm³/mol. The molecule has 3 aromatic heterocycles. The molecule has 29 heavy (non-hydrogen) atoms. The van der Waals surface area contributed by atoms with Crippen LogP contribution in [0.5, 0.6) is 6.01 Å². The molecule has 2 saturated heterocycles. The van der Waals surface area contributed by atoms with Gasteiger partial charge in [-0.05, 0) is 31.2 Å². The minimum absolute atomic E-state index is 0.115. The molecule has 150 valence electrons. The number of piperidine rings is 1. The zero-order valence-corrected chi connectivity index (χ0v) is 17.1. The molecule has 2 N–H and O–H groups in total. The fourth-order valence-corrected chi connectivity index (χ4v) is 5.36. The number of nitrogens with zero attached hydrogens (tertiary/aromatic N) is 5. The van der Waals surface area contributed by atoms with Crippen LogP contribution in [0.1, 0.15) is 37.8 Å². The summed E-state index contributed by atoms with van der Waals surface area (Å²) in [6, 6.07) is 7.65. The maximum atomic E-state index is 8.91. The fraction of sp³-hybridized carbons (Fsp3) is 0.500. The molecule has 0 saturated carbocycles. The Bertz CT molecular complexity index is 1040. The Morgan fingerprint density at radius 2 is 2.17 bits per heavy atom. The molecule has 3 aromatic rings. The van der Waals surface area contributed by atoms with Crippen molar-refractivity contribution in [3.63, 3.8) is 0 Å². The molecule has 2 aliphatic rings. The van der Waals surface area contributed by atoms with Crippen molar-refractivity contribution in [2.75, 3.05) is 11.9 Å². The zero-order chi connectivity index (χ0) is 19.8. The lowest BCUT2D eigenvalue weighted by Gasteiger charge is -2.38. The lowest BCUT2D eigenvalue weighted by molar-refractivity contribution is 0.0461. The lowest BCUT2D eigenvalue weighted by Crippen LogP contribution is -2.46. The number of aromatic amines is 1. The molecule has 2 aliphatic heterocycles. The fourth-order valence-electron chi connectivity index (χ4n) is 4.60. The van der Waals surface area contributed by atoms with E-state index in [0.29, 0.717) is 30.3 Å². The van der Waals surface area contributed by atoms with Crippen LogP contribution in [0.3, 0.4) is 0 Å². The van der Waals surface area contributed by atoms with Gasteiger partial charge in [0.15, 0.2) is 5.82 Å². The summed E-state index contributed by atoms with van der Waals surface area (Å²) in [5.41, 5.74) is 0.984. The van der Waals surface area contributed by atoms with Crippen LogP contribution in [0.4, 0.5) is 11.6 Å². The number of aryl methyl sites for hydroxylation is 1. The minimum Gasteiger partial charge on any atom is -0.460 e. The van der Waals surface area contributed by atoms with Crippen LogP contribution in [0.15, 0.2) is 17.5 Å². The van der Waals surface area contributed by atoms with Crippen molar-refractivity contribution in [3.8, 4) is 12.1 Å². The molecule has 9 heteroatoms. The summed E-state index contributed by atoms with van der Waals surface area (Å²) in [6.07, 6.45) is 5.02. The molecular formula is C20H23N7OS. The SMILES string of the molecule is Cc1cc(Nc2nc(OC3C[C@H]4CC[C@@H](C3)N4CCC#N)nc3sccc23)n[nH]1. The maximum absolute atomic E-state index is 8.91. The summed E-state index contributed by atoms with van der Waals surface area (Å²) < 4.78 is 6.27. The molecule has 0 aromatic carbocycles. The van der Waals surface area contributed by atoms with Crippen molar-refractivity contribution in [1.29, 1.82) is 5.26 Å². The van der Waals surface area contributed by atoms with E-state index in [1.807, 2.05) is 24.4 Å². The second-order valence-corrected chi connectivity index (χ2v) is 8.69. The number of H-pyrrole nitrogens is 1. The summed E-state index contributed by atoms with van der Waals surface area (Å²) in [7, 11) is 0. The number of thiophene rings is 1. The van der Waals surface area contributed by atoms with E-state index in [9.17, 15) is 0 Å². The monoisotopic (exact) mass is 409 g/mol. The molecule has 0 spiro atoms. The van der Waals surface area contributed by atoms with Crippen LogP contribution in [-0.4, -0.2) is 49.8 Å². The third-order valence-corrected chi connectivity index (χ3v) is 6.66. The van der Waals surface area contributed by atoms with E-state index < -0.39 is 0 Å². The molecule has 2 bridgehead atoms.